The van der Waals surface area contributed by atoms with E-state index in [0.717, 1.165) is 37.6 Å². The Hall–Kier alpha value is -1.99. The fraction of sp³-hybridized carbons (Fsp3) is 0.650. The molecule has 0 aliphatic carbocycles. The molecule has 1 fully saturated rings. The first kappa shape index (κ1) is 19.8. The minimum Gasteiger partial charge on any atom is -0.494 e. The van der Waals surface area contributed by atoms with Crippen LogP contribution in [0.1, 0.15) is 44.6 Å². The van der Waals surface area contributed by atoms with Crippen molar-refractivity contribution in [3.8, 4) is 5.75 Å². The SMILES string of the molecule is CCOc1ccc([C@H](c2nnnn2CCC(C)C)[NH+]2CC[NH+](C)CC2)cc1. The third kappa shape index (κ3) is 5.05. The number of piperazine rings is 1. The van der Waals surface area contributed by atoms with E-state index >= 15 is 0 Å². The van der Waals surface area contributed by atoms with Crippen LogP contribution >= 0.6 is 0 Å². The molecule has 1 atom stereocenters. The van der Waals surface area contributed by atoms with E-state index in [2.05, 4.69) is 60.7 Å². The highest BCUT2D eigenvalue weighted by Crippen LogP contribution is 2.21. The van der Waals surface area contributed by atoms with E-state index in [0.29, 0.717) is 12.5 Å². The van der Waals surface area contributed by atoms with Gasteiger partial charge in [0, 0.05) is 12.1 Å². The molecule has 2 heterocycles. The first-order valence-electron chi connectivity index (χ1n) is 10.2. The maximum atomic E-state index is 5.62. The Morgan fingerprint density at radius 1 is 1.11 bits per heavy atom. The van der Waals surface area contributed by atoms with Crippen molar-refractivity contribution in [2.24, 2.45) is 5.92 Å². The first-order chi connectivity index (χ1) is 13.1. The number of hydrogen-bond acceptors (Lipinski definition) is 4. The van der Waals surface area contributed by atoms with Gasteiger partial charge in [-0.2, -0.15) is 0 Å². The van der Waals surface area contributed by atoms with Gasteiger partial charge >= 0.3 is 0 Å². The third-order valence-corrected chi connectivity index (χ3v) is 5.41. The minimum absolute atomic E-state index is 0.163. The summed E-state index contributed by atoms with van der Waals surface area (Å²) in [5.74, 6) is 2.53. The summed E-state index contributed by atoms with van der Waals surface area (Å²) < 4.78 is 7.64. The van der Waals surface area contributed by atoms with Crippen LogP contribution in [-0.2, 0) is 6.54 Å². The van der Waals surface area contributed by atoms with E-state index in [1.165, 1.54) is 18.7 Å². The normalized spacial score (nSPS) is 21.4. The van der Waals surface area contributed by atoms with Crippen LogP contribution in [0.15, 0.2) is 24.3 Å². The maximum Gasteiger partial charge on any atom is 0.214 e. The fourth-order valence-corrected chi connectivity index (χ4v) is 3.74. The molecule has 1 aromatic heterocycles. The molecule has 0 amide bonds. The molecular weight excluding hydrogens is 340 g/mol. The molecule has 3 rings (SSSR count). The van der Waals surface area contributed by atoms with E-state index in [1.54, 1.807) is 9.80 Å². The smallest absolute Gasteiger partial charge is 0.214 e. The summed E-state index contributed by atoms with van der Waals surface area (Å²) in [6, 6.07) is 8.64. The van der Waals surface area contributed by atoms with E-state index in [9.17, 15) is 0 Å². The summed E-state index contributed by atoms with van der Waals surface area (Å²) in [6.45, 7) is 12.6. The van der Waals surface area contributed by atoms with Crippen molar-refractivity contribution in [3.05, 3.63) is 35.7 Å². The number of nitrogens with one attached hydrogen (secondary N) is 2. The maximum absolute atomic E-state index is 5.62. The van der Waals surface area contributed by atoms with Gasteiger partial charge in [-0.3, -0.25) is 0 Å². The van der Waals surface area contributed by atoms with Crippen molar-refractivity contribution < 1.29 is 14.5 Å². The number of ether oxygens (including phenoxy) is 1. The quantitative estimate of drug-likeness (QED) is 0.661. The molecule has 27 heavy (non-hydrogen) atoms. The molecule has 7 nitrogen and oxygen atoms in total. The van der Waals surface area contributed by atoms with Gasteiger partial charge in [0.15, 0.2) is 6.04 Å². The largest absolute Gasteiger partial charge is 0.494 e. The van der Waals surface area contributed by atoms with Crippen LogP contribution in [0.3, 0.4) is 0 Å². The Kier molecular flexibility index (Phi) is 6.79. The second-order valence-corrected chi connectivity index (χ2v) is 7.99. The molecule has 0 unspecified atom stereocenters. The molecule has 7 heteroatoms. The van der Waals surface area contributed by atoms with Gasteiger partial charge in [0.25, 0.3) is 0 Å². The molecule has 2 N–H and O–H groups in total. The van der Waals surface area contributed by atoms with Crippen LogP contribution in [0.2, 0.25) is 0 Å². The molecule has 1 aliphatic rings. The van der Waals surface area contributed by atoms with Gasteiger partial charge in [-0.1, -0.05) is 13.8 Å². The van der Waals surface area contributed by atoms with Gasteiger partial charge in [-0.05, 0) is 54.0 Å². The number of tetrazole rings is 1. The fourth-order valence-electron chi connectivity index (χ4n) is 3.74. The van der Waals surface area contributed by atoms with Gasteiger partial charge in [0.1, 0.15) is 31.9 Å². The highest BCUT2D eigenvalue weighted by Gasteiger charge is 2.34. The number of aryl methyl sites for hydroxylation is 1. The number of benzene rings is 1. The first-order valence-corrected chi connectivity index (χ1v) is 10.2. The van der Waals surface area contributed by atoms with Crippen molar-refractivity contribution in [2.45, 2.75) is 39.8 Å². The van der Waals surface area contributed by atoms with E-state index in [1.807, 2.05) is 11.6 Å². The average molecular weight is 375 g/mol. The molecule has 0 radical (unpaired) electrons. The van der Waals surface area contributed by atoms with Crippen molar-refractivity contribution in [1.82, 2.24) is 20.2 Å². The molecule has 1 saturated heterocycles. The average Bonchev–Trinajstić information content (AvgIpc) is 3.11. The predicted octanol–water partition coefficient (Wildman–Crippen LogP) is -0.379. The Morgan fingerprint density at radius 2 is 1.81 bits per heavy atom. The zero-order valence-electron chi connectivity index (χ0n) is 17.1. The van der Waals surface area contributed by atoms with Crippen molar-refractivity contribution in [1.29, 1.82) is 0 Å². The summed E-state index contributed by atoms with van der Waals surface area (Å²) in [4.78, 5) is 3.15. The summed E-state index contributed by atoms with van der Waals surface area (Å²) in [5.41, 5.74) is 1.26. The van der Waals surface area contributed by atoms with Crippen molar-refractivity contribution >= 4 is 0 Å². The number of likely N-dealkylation sites (N-methyl/N-ethyl adjacent to an activating group) is 1. The van der Waals surface area contributed by atoms with Crippen molar-refractivity contribution in [3.63, 3.8) is 0 Å². The van der Waals surface area contributed by atoms with Crippen LogP contribution in [0.5, 0.6) is 5.75 Å². The number of nitrogens with zero attached hydrogens (tertiary/aromatic N) is 4. The van der Waals surface area contributed by atoms with E-state index < -0.39 is 0 Å². The molecule has 2 aromatic rings. The summed E-state index contributed by atoms with van der Waals surface area (Å²) in [7, 11) is 2.27. The summed E-state index contributed by atoms with van der Waals surface area (Å²) in [6.07, 6.45) is 1.08. The summed E-state index contributed by atoms with van der Waals surface area (Å²) >= 11 is 0. The van der Waals surface area contributed by atoms with Crippen LogP contribution in [0.25, 0.3) is 0 Å². The zero-order chi connectivity index (χ0) is 19.2. The molecule has 148 valence electrons. The highest BCUT2D eigenvalue weighted by atomic mass is 16.5. The third-order valence-electron chi connectivity index (χ3n) is 5.41. The standard InChI is InChI=1S/C20H32N6O/c1-5-27-18-8-6-17(7-9-18)19(25-14-12-24(4)13-15-25)20-21-22-23-26(20)11-10-16(2)3/h6-9,16,19H,5,10-15H2,1-4H3/p+2/t19-/m1/s1. The lowest BCUT2D eigenvalue weighted by Crippen LogP contribution is -3.27. The lowest BCUT2D eigenvalue weighted by Gasteiger charge is -2.33. The molecule has 1 aliphatic heterocycles. The number of aromatic nitrogens is 4. The molecule has 0 spiro atoms. The van der Waals surface area contributed by atoms with Gasteiger partial charge in [0.2, 0.25) is 5.82 Å². The minimum atomic E-state index is 0.163. The van der Waals surface area contributed by atoms with Crippen LogP contribution in [-0.4, -0.2) is 60.0 Å². The lowest BCUT2D eigenvalue weighted by molar-refractivity contribution is -1.02. The van der Waals surface area contributed by atoms with Gasteiger partial charge in [-0.15, -0.1) is 5.10 Å². The molecule has 1 aromatic carbocycles. The van der Waals surface area contributed by atoms with E-state index in [-0.39, 0.29) is 6.04 Å². The predicted molar refractivity (Wildman–Crippen MR) is 104 cm³/mol. The zero-order valence-corrected chi connectivity index (χ0v) is 17.1. The second kappa shape index (κ2) is 9.28. The molecular formula is C20H34N6O+2. The van der Waals surface area contributed by atoms with Gasteiger partial charge in [-0.25, -0.2) is 4.68 Å². The number of quaternary nitrogens is 2. The van der Waals surface area contributed by atoms with Gasteiger partial charge < -0.3 is 14.5 Å². The van der Waals surface area contributed by atoms with Gasteiger partial charge in [0.05, 0.1) is 13.7 Å². The molecule has 0 bridgehead atoms. The number of rotatable bonds is 8. The van der Waals surface area contributed by atoms with Crippen LogP contribution in [0.4, 0.5) is 0 Å². The monoisotopic (exact) mass is 374 g/mol. The van der Waals surface area contributed by atoms with Crippen LogP contribution < -0.4 is 14.5 Å². The second-order valence-electron chi connectivity index (χ2n) is 7.99. The topological polar surface area (TPSA) is 61.7 Å². The Morgan fingerprint density at radius 3 is 2.44 bits per heavy atom. The van der Waals surface area contributed by atoms with Crippen LogP contribution in [0, 0.1) is 5.92 Å². The highest BCUT2D eigenvalue weighted by molar-refractivity contribution is 5.30. The number of hydrogen-bond donors (Lipinski definition) is 2. The van der Waals surface area contributed by atoms with Crippen molar-refractivity contribution in [2.75, 3.05) is 39.8 Å². The summed E-state index contributed by atoms with van der Waals surface area (Å²) in [5, 5.41) is 12.8. The lowest BCUT2D eigenvalue weighted by atomic mass is 10.0. The Balaban J connectivity index is 1.89. The Labute approximate surface area is 162 Å². The Bertz CT molecular complexity index is 691. The molecule has 0 saturated carbocycles. The van der Waals surface area contributed by atoms with E-state index in [4.69, 9.17) is 4.74 Å².